The lowest BCUT2D eigenvalue weighted by atomic mass is 9.91. The van der Waals surface area contributed by atoms with Gasteiger partial charge in [0.25, 0.3) is 5.91 Å². The van der Waals surface area contributed by atoms with Crippen LogP contribution in [0.4, 0.5) is 0 Å². The van der Waals surface area contributed by atoms with Gasteiger partial charge in [-0.2, -0.15) is 0 Å². The highest BCUT2D eigenvalue weighted by molar-refractivity contribution is 5.94. The molecule has 1 aliphatic heterocycles. The predicted octanol–water partition coefficient (Wildman–Crippen LogP) is 3.66. The number of nitrogens with zero attached hydrogens (tertiary/aromatic N) is 3. The molecule has 138 valence electrons. The Morgan fingerprint density at radius 2 is 1.81 bits per heavy atom. The molecule has 2 heterocycles. The number of aromatic nitrogens is 1. The summed E-state index contributed by atoms with van der Waals surface area (Å²) in [6.45, 7) is 7.68. The van der Waals surface area contributed by atoms with E-state index in [9.17, 15) is 4.79 Å². The fourth-order valence-electron chi connectivity index (χ4n) is 4.11. The van der Waals surface area contributed by atoms with Gasteiger partial charge in [0.2, 0.25) is 0 Å². The third-order valence-corrected chi connectivity index (χ3v) is 5.86. The molecule has 0 bridgehead atoms. The molecule has 2 aliphatic rings. The van der Waals surface area contributed by atoms with E-state index in [1.807, 2.05) is 43.0 Å². The van der Waals surface area contributed by atoms with Crippen molar-refractivity contribution in [2.24, 2.45) is 0 Å². The van der Waals surface area contributed by atoms with E-state index in [4.69, 9.17) is 4.52 Å². The van der Waals surface area contributed by atoms with Crippen molar-refractivity contribution in [3.8, 4) is 11.1 Å². The second kappa shape index (κ2) is 7.23. The van der Waals surface area contributed by atoms with Crippen molar-refractivity contribution in [1.29, 1.82) is 0 Å². The molecule has 1 amide bonds. The van der Waals surface area contributed by atoms with Crippen LogP contribution in [-0.2, 0) is 0 Å². The Hall–Kier alpha value is -2.14. The van der Waals surface area contributed by atoms with Crippen molar-refractivity contribution in [3.05, 3.63) is 41.3 Å². The van der Waals surface area contributed by atoms with Crippen LogP contribution in [0.25, 0.3) is 11.1 Å². The maximum atomic E-state index is 12.9. The first-order valence-corrected chi connectivity index (χ1v) is 9.70. The summed E-state index contributed by atoms with van der Waals surface area (Å²) in [5.41, 5.74) is 3.71. The van der Waals surface area contributed by atoms with E-state index >= 15 is 0 Å². The SMILES string of the molecule is Cc1noc(C)c1-c1ccc(C(=O)N2CCCN(C3CCC3)CC2)cc1. The Balaban J connectivity index is 1.44. The third-order valence-electron chi connectivity index (χ3n) is 5.86. The molecule has 1 saturated heterocycles. The van der Waals surface area contributed by atoms with Gasteiger partial charge in [-0.25, -0.2) is 0 Å². The molecule has 2 fully saturated rings. The highest BCUT2D eigenvalue weighted by Crippen LogP contribution is 2.28. The minimum Gasteiger partial charge on any atom is -0.361 e. The lowest BCUT2D eigenvalue weighted by Crippen LogP contribution is -2.42. The molecular formula is C21H27N3O2. The molecule has 0 radical (unpaired) electrons. The van der Waals surface area contributed by atoms with E-state index in [0.29, 0.717) is 0 Å². The zero-order valence-electron chi connectivity index (χ0n) is 15.7. The van der Waals surface area contributed by atoms with Crippen LogP contribution >= 0.6 is 0 Å². The van der Waals surface area contributed by atoms with E-state index < -0.39 is 0 Å². The average molecular weight is 353 g/mol. The first kappa shape index (κ1) is 17.3. The Morgan fingerprint density at radius 1 is 1.04 bits per heavy atom. The number of hydrogen-bond donors (Lipinski definition) is 0. The Bertz CT molecular complexity index is 758. The molecule has 0 atom stereocenters. The number of rotatable bonds is 3. The number of carbonyl (C=O) groups is 1. The zero-order chi connectivity index (χ0) is 18.1. The van der Waals surface area contributed by atoms with Gasteiger partial charge in [0.1, 0.15) is 5.76 Å². The summed E-state index contributed by atoms with van der Waals surface area (Å²) in [5, 5.41) is 4.01. The van der Waals surface area contributed by atoms with Crippen molar-refractivity contribution in [2.45, 2.75) is 45.6 Å². The van der Waals surface area contributed by atoms with Gasteiger partial charge in [0, 0.05) is 43.3 Å². The molecule has 5 nitrogen and oxygen atoms in total. The predicted molar refractivity (Wildman–Crippen MR) is 101 cm³/mol. The van der Waals surface area contributed by atoms with Crippen molar-refractivity contribution in [2.75, 3.05) is 26.2 Å². The second-order valence-corrected chi connectivity index (χ2v) is 7.54. The highest BCUT2D eigenvalue weighted by atomic mass is 16.5. The van der Waals surface area contributed by atoms with Crippen LogP contribution in [-0.4, -0.2) is 53.1 Å². The van der Waals surface area contributed by atoms with Crippen molar-refractivity contribution in [3.63, 3.8) is 0 Å². The Morgan fingerprint density at radius 3 is 2.42 bits per heavy atom. The molecule has 5 heteroatoms. The van der Waals surface area contributed by atoms with E-state index in [0.717, 1.165) is 66.8 Å². The highest BCUT2D eigenvalue weighted by Gasteiger charge is 2.28. The minimum absolute atomic E-state index is 0.144. The molecular weight excluding hydrogens is 326 g/mol. The normalized spacial score (nSPS) is 19.2. The summed E-state index contributed by atoms with van der Waals surface area (Å²) in [5.74, 6) is 0.955. The third kappa shape index (κ3) is 3.28. The average Bonchev–Trinajstić information content (AvgIpc) is 2.80. The maximum Gasteiger partial charge on any atom is 0.253 e. The van der Waals surface area contributed by atoms with Gasteiger partial charge in [-0.05, 0) is 50.8 Å². The first-order valence-electron chi connectivity index (χ1n) is 9.70. The van der Waals surface area contributed by atoms with Crippen LogP contribution in [0, 0.1) is 13.8 Å². The first-order chi connectivity index (χ1) is 12.6. The molecule has 0 unspecified atom stereocenters. The van der Waals surface area contributed by atoms with Crippen LogP contribution in [0.1, 0.15) is 47.5 Å². The van der Waals surface area contributed by atoms with Crippen LogP contribution in [0.15, 0.2) is 28.8 Å². The monoisotopic (exact) mass is 353 g/mol. The standard InChI is InChI=1S/C21H27N3O2/c1-15-20(16(2)26-22-15)17-7-9-18(10-8-17)21(25)24-12-4-11-23(13-14-24)19-5-3-6-19/h7-10,19H,3-6,11-14H2,1-2H3. The molecule has 1 saturated carbocycles. The number of amides is 1. The quantitative estimate of drug-likeness (QED) is 0.845. The van der Waals surface area contributed by atoms with Gasteiger partial charge in [0.15, 0.2) is 0 Å². The smallest absolute Gasteiger partial charge is 0.253 e. The van der Waals surface area contributed by atoms with Gasteiger partial charge in [-0.3, -0.25) is 9.69 Å². The largest absolute Gasteiger partial charge is 0.361 e. The lowest BCUT2D eigenvalue weighted by molar-refractivity contribution is 0.0749. The van der Waals surface area contributed by atoms with Gasteiger partial charge in [-0.1, -0.05) is 23.7 Å². The van der Waals surface area contributed by atoms with Crippen LogP contribution in [0.2, 0.25) is 0 Å². The molecule has 26 heavy (non-hydrogen) atoms. The van der Waals surface area contributed by atoms with Crippen molar-refractivity contribution < 1.29 is 9.32 Å². The van der Waals surface area contributed by atoms with Crippen LogP contribution in [0.5, 0.6) is 0 Å². The second-order valence-electron chi connectivity index (χ2n) is 7.54. The van der Waals surface area contributed by atoms with Gasteiger partial charge in [0.05, 0.1) is 5.69 Å². The summed E-state index contributed by atoms with van der Waals surface area (Å²) in [4.78, 5) is 17.5. The lowest BCUT2D eigenvalue weighted by Gasteiger charge is -2.36. The topological polar surface area (TPSA) is 49.6 Å². The number of carbonyl (C=O) groups excluding carboxylic acids is 1. The summed E-state index contributed by atoms with van der Waals surface area (Å²) >= 11 is 0. The summed E-state index contributed by atoms with van der Waals surface area (Å²) in [6.07, 6.45) is 5.09. The van der Waals surface area contributed by atoms with Crippen molar-refractivity contribution >= 4 is 5.91 Å². The molecule has 1 aliphatic carbocycles. The maximum absolute atomic E-state index is 12.9. The fourth-order valence-corrected chi connectivity index (χ4v) is 4.11. The minimum atomic E-state index is 0.144. The molecule has 1 aromatic heterocycles. The summed E-state index contributed by atoms with van der Waals surface area (Å²) < 4.78 is 5.25. The van der Waals surface area contributed by atoms with E-state index in [1.165, 1.54) is 19.3 Å². The van der Waals surface area contributed by atoms with Gasteiger partial charge >= 0.3 is 0 Å². The fraction of sp³-hybridized carbons (Fsp3) is 0.524. The van der Waals surface area contributed by atoms with Gasteiger partial charge in [-0.15, -0.1) is 0 Å². The van der Waals surface area contributed by atoms with Crippen LogP contribution in [0.3, 0.4) is 0 Å². The van der Waals surface area contributed by atoms with E-state index in [1.54, 1.807) is 0 Å². The molecule has 2 aromatic rings. The molecule has 0 spiro atoms. The van der Waals surface area contributed by atoms with Crippen molar-refractivity contribution in [1.82, 2.24) is 15.0 Å². The van der Waals surface area contributed by atoms with E-state index in [-0.39, 0.29) is 5.91 Å². The summed E-state index contributed by atoms with van der Waals surface area (Å²) in [6, 6.07) is 8.62. The van der Waals surface area contributed by atoms with Crippen LogP contribution < -0.4 is 0 Å². The summed E-state index contributed by atoms with van der Waals surface area (Å²) in [7, 11) is 0. The number of hydrogen-bond acceptors (Lipinski definition) is 4. The Labute approximate surface area is 155 Å². The Kier molecular flexibility index (Phi) is 4.81. The number of aryl methyl sites for hydroxylation is 2. The van der Waals surface area contributed by atoms with E-state index in [2.05, 4.69) is 10.1 Å². The molecule has 0 N–H and O–H groups in total. The zero-order valence-corrected chi connectivity index (χ0v) is 15.7. The number of benzene rings is 1. The molecule has 4 rings (SSSR count). The van der Waals surface area contributed by atoms with Gasteiger partial charge < -0.3 is 9.42 Å². The molecule has 1 aromatic carbocycles.